The molecule has 1 aliphatic carbocycles. The van der Waals surface area contributed by atoms with Crippen LogP contribution < -0.4 is 15.5 Å². The topological polar surface area (TPSA) is 60.5 Å². The van der Waals surface area contributed by atoms with E-state index in [1.165, 1.54) is 42.3 Å². The van der Waals surface area contributed by atoms with E-state index in [0.717, 1.165) is 40.9 Å². The minimum absolute atomic E-state index is 0.435. The average Bonchev–Trinajstić information content (AvgIpc) is 2.91. The number of nitrogens with zero attached hydrogens (tertiary/aromatic N) is 3. The Hall–Kier alpha value is -2.86. The first kappa shape index (κ1) is 30.4. The molecule has 1 saturated carbocycles. The Morgan fingerprint density at radius 1 is 1.08 bits per heavy atom. The number of rotatable bonds is 10. The zero-order chi connectivity index (χ0) is 27.5. The van der Waals surface area contributed by atoms with E-state index in [0.29, 0.717) is 18.6 Å². The summed E-state index contributed by atoms with van der Waals surface area (Å²) in [5.74, 6) is 0.821. The second kappa shape index (κ2) is 14.8. The van der Waals surface area contributed by atoms with Gasteiger partial charge in [0, 0.05) is 66.1 Å². The standard InChI is InChI=1S/C29H43N5O.C2H6/c1-8-34(25-11-9-24(10-12-25)33(6)7)28-16-20(2)15-27-26(28)13-14-31-29(27)32-18-23(19-35)21(3)17-22(4)30-5;1-2/h13-17,19,24-25,30H,8-12,18H2,1-7H3,(H,31,32);1-2H3/b22-17-,23-21-;. The third-order valence-electron chi connectivity index (χ3n) is 7.41. The summed E-state index contributed by atoms with van der Waals surface area (Å²) in [5, 5.41) is 8.87. The molecule has 0 saturated heterocycles. The van der Waals surface area contributed by atoms with Crippen LogP contribution in [0.3, 0.4) is 0 Å². The molecule has 1 fully saturated rings. The van der Waals surface area contributed by atoms with Crippen molar-refractivity contribution < 1.29 is 4.79 Å². The first-order valence-electron chi connectivity index (χ1n) is 13.9. The number of pyridine rings is 1. The first-order chi connectivity index (χ1) is 17.8. The van der Waals surface area contributed by atoms with Gasteiger partial charge in [-0.1, -0.05) is 13.8 Å². The predicted octanol–water partition coefficient (Wildman–Crippen LogP) is 6.32. The van der Waals surface area contributed by atoms with Gasteiger partial charge in [0.1, 0.15) is 12.1 Å². The molecule has 0 aliphatic heterocycles. The maximum Gasteiger partial charge on any atom is 0.148 e. The fourth-order valence-corrected chi connectivity index (χ4v) is 5.24. The van der Waals surface area contributed by atoms with Gasteiger partial charge in [0.15, 0.2) is 0 Å². The Balaban J connectivity index is 0.00000235. The van der Waals surface area contributed by atoms with Crippen LogP contribution in [0.5, 0.6) is 0 Å². The Labute approximate surface area is 225 Å². The number of carbonyl (C=O) groups excluding carboxylic acids is 1. The summed E-state index contributed by atoms with van der Waals surface area (Å²) in [6.45, 7) is 13.8. The van der Waals surface area contributed by atoms with Crippen LogP contribution in [0.2, 0.25) is 0 Å². The van der Waals surface area contributed by atoms with Crippen molar-refractivity contribution in [2.24, 2.45) is 0 Å². The summed E-state index contributed by atoms with van der Waals surface area (Å²) in [7, 11) is 6.28. The number of nitrogens with one attached hydrogen (secondary N) is 2. The van der Waals surface area contributed by atoms with Crippen molar-refractivity contribution in [1.29, 1.82) is 0 Å². The fraction of sp³-hybridized carbons (Fsp3) is 0.548. The van der Waals surface area contributed by atoms with Crippen LogP contribution in [-0.2, 0) is 4.79 Å². The van der Waals surface area contributed by atoms with E-state index in [-0.39, 0.29) is 0 Å². The van der Waals surface area contributed by atoms with Gasteiger partial charge >= 0.3 is 0 Å². The highest BCUT2D eigenvalue weighted by Crippen LogP contribution is 2.36. The predicted molar refractivity (Wildman–Crippen MR) is 161 cm³/mol. The molecule has 0 unspecified atom stereocenters. The molecular weight excluding hydrogens is 458 g/mol. The number of hydrogen-bond donors (Lipinski definition) is 2. The Morgan fingerprint density at radius 2 is 1.73 bits per heavy atom. The number of aldehydes is 1. The Bertz CT molecular complexity index is 1080. The molecule has 37 heavy (non-hydrogen) atoms. The van der Waals surface area contributed by atoms with Crippen LogP contribution in [0.25, 0.3) is 10.8 Å². The minimum Gasteiger partial charge on any atom is -0.392 e. The Kier molecular flexibility index (Phi) is 12.1. The van der Waals surface area contributed by atoms with Gasteiger partial charge in [-0.15, -0.1) is 0 Å². The summed E-state index contributed by atoms with van der Waals surface area (Å²) in [6.07, 6.45) is 9.73. The maximum atomic E-state index is 11.8. The molecule has 6 nitrogen and oxygen atoms in total. The molecule has 1 heterocycles. The number of hydrogen-bond acceptors (Lipinski definition) is 6. The van der Waals surface area contributed by atoms with Crippen molar-refractivity contribution >= 4 is 28.6 Å². The molecule has 2 N–H and O–H groups in total. The summed E-state index contributed by atoms with van der Waals surface area (Å²) >= 11 is 0. The molecular formula is C31H49N5O. The van der Waals surface area contributed by atoms with Gasteiger partial charge in [-0.3, -0.25) is 4.79 Å². The van der Waals surface area contributed by atoms with Crippen molar-refractivity contribution in [3.8, 4) is 0 Å². The van der Waals surface area contributed by atoms with Gasteiger partial charge in [0.2, 0.25) is 0 Å². The van der Waals surface area contributed by atoms with E-state index in [4.69, 9.17) is 0 Å². The molecule has 0 bridgehead atoms. The van der Waals surface area contributed by atoms with Crippen molar-refractivity contribution in [2.75, 3.05) is 44.4 Å². The van der Waals surface area contributed by atoms with Gasteiger partial charge in [0.05, 0.1) is 0 Å². The zero-order valence-electron chi connectivity index (χ0n) is 24.6. The fourth-order valence-electron chi connectivity index (χ4n) is 5.24. The van der Waals surface area contributed by atoms with Crippen molar-refractivity contribution in [1.82, 2.24) is 15.2 Å². The molecule has 0 spiro atoms. The molecule has 0 radical (unpaired) electrons. The first-order valence-corrected chi connectivity index (χ1v) is 13.9. The highest BCUT2D eigenvalue weighted by molar-refractivity contribution is 6.01. The molecule has 1 aromatic carbocycles. The van der Waals surface area contributed by atoms with Crippen LogP contribution in [-0.4, -0.2) is 62.5 Å². The van der Waals surface area contributed by atoms with E-state index in [1.54, 1.807) is 0 Å². The summed E-state index contributed by atoms with van der Waals surface area (Å²) in [4.78, 5) is 21.4. The minimum atomic E-state index is 0.435. The molecule has 0 atom stereocenters. The smallest absolute Gasteiger partial charge is 0.148 e. The van der Waals surface area contributed by atoms with E-state index in [2.05, 4.69) is 71.6 Å². The summed E-state index contributed by atoms with van der Waals surface area (Å²) in [6, 6.07) is 7.90. The largest absolute Gasteiger partial charge is 0.392 e. The number of benzene rings is 1. The third-order valence-corrected chi connectivity index (χ3v) is 7.41. The number of fused-ring (bicyclic) bond motifs is 1. The van der Waals surface area contributed by atoms with Gasteiger partial charge in [0.25, 0.3) is 0 Å². The molecule has 1 aromatic heterocycles. The number of allylic oxidation sites excluding steroid dienone is 3. The number of carbonyl (C=O) groups is 1. The van der Waals surface area contributed by atoms with E-state index in [9.17, 15) is 4.79 Å². The highest BCUT2D eigenvalue weighted by atomic mass is 16.1. The van der Waals surface area contributed by atoms with Gasteiger partial charge < -0.3 is 20.4 Å². The van der Waals surface area contributed by atoms with Gasteiger partial charge in [-0.05, 0) is 103 Å². The molecule has 1 aliphatic rings. The maximum absolute atomic E-state index is 11.8. The van der Waals surface area contributed by atoms with Crippen LogP contribution in [0.4, 0.5) is 11.5 Å². The lowest BCUT2D eigenvalue weighted by Gasteiger charge is -2.40. The zero-order valence-corrected chi connectivity index (χ0v) is 24.6. The molecule has 6 heteroatoms. The lowest BCUT2D eigenvalue weighted by molar-refractivity contribution is -0.104. The lowest BCUT2D eigenvalue weighted by Crippen LogP contribution is -2.42. The average molecular weight is 508 g/mol. The van der Waals surface area contributed by atoms with Crippen LogP contribution in [0.15, 0.2) is 47.3 Å². The van der Waals surface area contributed by atoms with Crippen molar-refractivity contribution in [2.45, 2.75) is 79.3 Å². The molecule has 2 aromatic rings. The van der Waals surface area contributed by atoms with E-state index < -0.39 is 0 Å². The van der Waals surface area contributed by atoms with E-state index in [1.807, 2.05) is 47.0 Å². The number of aryl methyl sites for hydroxylation is 1. The highest BCUT2D eigenvalue weighted by Gasteiger charge is 2.27. The normalized spacial score (nSPS) is 18.6. The number of anilines is 2. The molecule has 3 rings (SSSR count). The summed E-state index contributed by atoms with van der Waals surface area (Å²) < 4.78 is 0. The lowest BCUT2D eigenvalue weighted by atomic mass is 9.89. The monoisotopic (exact) mass is 507 g/mol. The summed E-state index contributed by atoms with van der Waals surface area (Å²) in [5.41, 5.74) is 5.20. The SMILES string of the molecule is CC.CCN(c1cc(C)cc2c(NC/C(C=O)=C(C)/C=C(/C)NC)nccc12)C1CCC(N(C)C)CC1. The van der Waals surface area contributed by atoms with Crippen LogP contribution in [0, 0.1) is 6.92 Å². The van der Waals surface area contributed by atoms with Crippen LogP contribution in [0.1, 0.15) is 65.9 Å². The third kappa shape index (κ3) is 7.81. The number of aromatic nitrogens is 1. The molecule has 204 valence electrons. The quantitative estimate of drug-likeness (QED) is 0.223. The second-order valence-electron chi connectivity index (χ2n) is 10.0. The van der Waals surface area contributed by atoms with Crippen molar-refractivity contribution in [3.63, 3.8) is 0 Å². The van der Waals surface area contributed by atoms with Crippen LogP contribution >= 0.6 is 0 Å². The van der Waals surface area contributed by atoms with E-state index >= 15 is 0 Å². The molecule has 0 amide bonds. The van der Waals surface area contributed by atoms with Gasteiger partial charge in [-0.2, -0.15) is 0 Å². The Morgan fingerprint density at radius 3 is 2.30 bits per heavy atom. The second-order valence-corrected chi connectivity index (χ2v) is 10.0. The van der Waals surface area contributed by atoms with Gasteiger partial charge in [-0.25, -0.2) is 4.98 Å². The van der Waals surface area contributed by atoms with Crippen molar-refractivity contribution in [3.05, 3.63) is 52.9 Å².